The first-order valence-corrected chi connectivity index (χ1v) is 16.0. The molecule has 44 heavy (non-hydrogen) atoms. The molecule has 1 saturated heterocycles. The van der Waals surface area contributed by atoms with Crippen molar-refractivity contribution in [3.8, 4) is 5.75 Å². The van der Waals surface area contributed by atoms with E-state index in [0.717, 1.165) is 22.4 Å². The summed E-state index contributed by atoms with van der Waals surface area (Å²) in [5.74, 6) is 0.616. The molecule has 0 amide bonds. The van der Waals surface area contributed by atoms with Gasteiger partial charge in [-0.25, -0.2) is 4.79 Å². The Morgan fingerprint density at radius 1 is 0.886 bits per heavy atom. The Balaban J connectivity index is 1.57. The SMILES string of the molecule is COCCO[C@@H]1[C@H](CI)[C@@H](COC(c2ccccc2)(c2ccccc2)c2ccc(OC)cc2)O[C@H]1n1cc(C)c(=O)[nH]c1=O. The summed E-state index contributed by atoms with van der Waals surface area (Å²) in [5, 5.41) is 0. The van der Waals surface area contributed by atoms with E-state index < -0.39 is 35.3 Å². The summed E-state index contributed by atoms with van der Waals surface area (Å²) in [7, 11) is 3.26. The topological polar surface area (TPSA) is 101 Å². The van der Waals surface area contributed by atoms with E-state index in [-0.39, 0.29) is 12.5 Å². The van der Waals surface area contributed by atoms with Gasteiger partial charge in [0.15, 0.2) is 6.23 Å². The monoisotopic (exact) mass is 712 g/mol. The van der Waals surface area contributed by atoms with Crippen molar-refractivity contribution in [1.29, 1.82) is 0 Å². The molecule has 3 aromatic carbocycles. The number of hydrogen-bond acceptors (Lipinski definition) is 7. The summed E-state index contributed by atoms with van der Waals surface area (Å²) >= 11 is 2.33. The highest BCUT2D eigenvalue weighted by Crippen LogP contribution is 2.43. The van der Waals surface area contributed by atoms with Crippen LogP contribution < -0.4 is 16.0 Å². The third kappa shape index (κ3) is 6.54. The first-order valence-electron chi connectivity index (χ1n) is 14.5. The van der Waals surface area contributed by atoms with Crippen molar-refractivity contribution in [1.82, 2.24) is 9.55 Å². The van der Waals surface area contributed by atoms with Gasteiger partial charge >= 0.3 is 5.69 Å². The van der Waals surface area contributed by atoms with Crippen LogP contribution in [0.1, 0.15) is 28.5 Å². The maximum Gasteiger partial charge on any atom is 0.330 e. The van der Waals surface area contributed by atoms with Gasteiger partial charge in [-0.05, 0) is 35.7 Å². The number of alkyl halides is 1. The van der Waals surface area contributed by atoms with Crippen molar-refractivity contribution in [2.24, 2.45) is 5.92 Å². The van der Waals surface area contributed by atoms with Gasteiger partial charge in [-0.1, -0.05) is 95.4 Å². The standard InChI is InChI=1S/C34H37IN2O7/c1-23-21-37(33(39)36-31(23)38)32-30(42-19-18-40-2)28(20-35)29(44-32)22-43-34(24-10-6-4-7-11-24,25-12-8-5-9-13-25)26-14-16-27(41-3)17-15-26/h4-17,21,28-30,32H,18-20,22H2,1-3H3,(H,36,38,39)/t28-,29-,30-,32-/m1/s1. The van der Waals surface area contributed by atoms with Gasteiger partial charge in [0.2, 0.25) is 0 Å². The second-order valence-corrected chi connectivity index (χ2v) is 11.5. The molecule has 0 aliphatic carbocycles. The van der Waals surface area contributed by atoms with Crippen LogP contribution in [0, 0.1) is 12.8 Å². The van der Waals surface area contributed by atoms with Crippen molar-refractivity contribution >= 4 is 22.6 Å². The number of nitrogens with one attached hydrogen (secondary N) is 1. The molecule has 1 fully saturated rings. The number of aromatic nitrogens is 2. The van der Waals surface area contributed by atoms with Crippen molar-refractivity contribution < 1.29 is 23.7 Å². The number of H-pyrrole nitrogens is 1. The molecule has 0 spiro atoms. The van der Waals surface area contributed by atoms with E-state index in [9.17, 15) is 9.59 Å². The maximum atomic E-state index is 13.0. The summed E-state index contributed by atoms with van der Waals surface area (Å²) in [6.45, 7) is 2.56. The summed E-state index contributed by atoms with van der Waals surface area (Å²) in [4.78, 5) is 27.5. The summed E-state index contributed by atoms with van der Waals surface area (Å²) in [5.41, 5.74) is 1.28. The van der Waals surface area contributed by atoms with Crippen molar-refractivity contribution in [2.45, 2.75) is 31.0 Å². The van der Waals surface area contributed by atoms with Gasteiger partial charge in [-0.2, -0.15) is 0 Å². The van der Waals surface area contributed by atoms with Gasteiger partial charge in [0, 0.05) is 29.2 Å². The van der Waals surface area contributed by atoms with Gasteiger partial charge in [0.05, 0.1) is 33.0 Å². The third-order valence-corrected chi connectivity index (χ3v) is 9.03. The Kier molecular flexibility index (Phi) is 10.7. The second kappa shape index (κ2) is 14.7. The largest absolute Gasteiger partial charge is 0.497 e. The molecule has 2 heterocycles. The molecule has 0 radical (unpaired) electrons. The Morgan fingerprint density at radius 3 is 2.07 bits per heavy atom. The lowest BCUT2D eigenvalue weighted by molar-refractivity contribution is -0.0984. The van der Waals surface area contributed by atoms with Crippen LogP contribution in [-0.2, 0) is 24.5 Å². The zero-order valence-corrected chi connectivity index (χ0v) is 27.1. The predicted molar refractivity (Wildman–Crippen MR) is 176 cm³/mol. The van der Waals surface area contributed by atoms with Crippen molar-refractivity contribution in [3.63, 3.8) is 0 Å². The number of rotatable bonds is 13. The third-order valence-electron chi connectivity index (χ3n) is 8.01. The molecule has 0 bridgehead atoms. The minimum Gasteiger partial charge on any atom is -0.497 e. The lowest BCUT2D eigenvalue weighted by Crippen LogP contribution is -2.39. The minimum atomic E-state index is -0.982. The normalized spacial score (nSPS) is 20.1. The van der Waals surface area contributed by atoms with Crippen molar-refractivity contribution in [3.05, 3.63) is 134 Å². The lowest BCUT2D eigenvalue weighted by atomic mass is 9.80. The van der Waals surface area contributed by atoms with E-state index in [1.165, 1.54) is 10.8 Å². The molecular formula is C34H37IN2O7. The Hall–Kier alpha value is -3.29. The average molecular weight is 713 g/mol. The first-order chi connectivity index (χ1) is 21.4. The summed E-state index contributed by atoms with van der Waals surface area (Å²) in [6, 6.07) is 28.1. The molecule has 5 rings (SSSR count). The number of hydrogen-bond donors (Lipinski definition) is 1. The highest BCUT2D eigenvalue weighted by Gasteiger charge is 2.48. The second-order valence-electron chi connectivity index (χ2n) is 10.6. The zero-order chi connectivity index (χ0) is 31.1. The molecule has 1 aromatic heterocycles. The molecule has 1 aliphatic rings. The van der Waals surface area contributed by atoms with Crippen molar-refractivity contribution in [2.75, 3.05) is 38.5 Å². The average Bonchev–Trinajstić information content (AvgIpc) is 3.41. The van der Waals surface area contributed by atoms with E-state index in [0.29, 0.717) is 23.2 Å². The number of halogens is 1. The van der Waals surface area contributed by atoms with Gasteiger partial charge in [0.1, 0.15) is 17.5 Å². The van der Waals surface area contributed by atoms with Crippen LogP contribution in [-0.4, -0.2) is 60.2 Å². The predicted octanol–water partition coefficient (Wildman–Crippen LogP) is 4.84. The highest BCUT2D eigenvalue weighted by atomic mass is 127. The lowest BCUT2D eigenvalue weighted by Gasteiger charge is -2.37. The molecular weight excluding hydrogens is 675 g/mol. The Bertz CT molecular complexity index is 1570. The number of nitrogens with zero attached hydrogens (tertiary/aromatic N) is 1. The first kappa shape index (κ1) is 32.1. The fourth-order valence-electron chi connectivity index (χ4n) is 5.73. The van der Waals surface area contributed by atoms with Crippen LogP contribution >= 0.6 is 22.6 Å². The number of aryl methyl sites for hydroxylation is 1. The Labute approximate surface area is 270 Å². The van der Waals surface area contributed by atoms with Crippen LogP contribution in [0.3, 0.4) is 0 Å². The molecule has 9 nitrogen and oxygen atoms in total. The quantitative estimate of drug-likeness (QED) is 0.0917. The maximum absolute atomic E-state index is 13.0. The summed E-state index contributed by atoms with van der Waals surface area (Å²) in [6.07, 6.45) is -0.162. The fraction of sp³-hybridized carbons (Fsp3) is 0.353. The molecule has 0 unspecified atom stereocenters. The zero-order valence-electron chi connectivity index (χ0n) is 25.0. The molecule has 1 N–H and O–H groups in total. The number of ether oxygens (including phenoxy) is 5. The van der Waals surface area contributed by atoms with Crippen LogP contribution in [0.2, 0.25) is 0 Å². The van der Waals surface area contributed by atoms with E-state index in [1.807, 2.05) is 60.7 Å². The van der Waals surface area contributed by atoms with Gasteiger partial charge in [-0.15, -0.1) is 0 Å². The number of benzene rings is 3. The molecule has 10 heteroatoms. The van der Waals surface area contributed by atoms with Gasteiger partial charge in [-0.3, -0.25) is 14.3 Å². The van der Waals surface area contributed by atoms with Gasteiger partial charge in [0.25, 0.3) is 5.56 Å². The van der Waals surface area contributed by atoms with Crippen LogP contribution in [0.25, 0.3) is 0 Å². The molecule has 1 aliphatic heterocycles. The molecule has 4 atom stereocenters. The molecule has 0 saturated carbocycles. The highest BCUT2D eigenvalue weighted by molar-refractivity contribution is 14.1. The number of methoxy groups -OCH3 is 2. The van der Waals surface area contributed by atoms with E-state index in [4.69, 9.17) is 23.7 Å². The Morgan fingerprint density at radius 2 is 1.50 bits per heavy atom. The van der Waals surface area contributed by atoms with E-state index in [1.54, 1.807) is 21.1 Å². The van der Waals surface area contributed by atoms with Gasteiger partial charge < -0.3 is 23.7 Å². The molecule has 4 aromatic rings. The minimum absolute atomic E-state index is 0.128. The van der Waals surface area contributed by atoms with Crippen LogP contribution in [0.15, 0.2) is 101 Å². The van der Waals surface area contributed by atoms with Crippen LogP contribution in [0.4, 0.5) is 0 Å². The van der Waals surface area contributed by atoms with Crippen LogP contribution in [0.5, 0.6) is 5.75 Å². The number of aromatic amines is 1. The van der Waals surface area contributed by atoms with E-state index in [2.05, 4.69) is 51.8 Å². The fourth-order valence-corrected chi connectivity index (χ4v) is 6.80. The molecule has 232 valence electrons. The smallest absolute Gasteiger partial charge is 0.330 e. The van der Waals surface area contributed by atoms with E-state index >= 15 is 0 Å². The summed E-state index contributed by atoms with van der Waals surface area (Å²) < 4.78 is 32.8.